The monoisotopic (exact) mass is 282 g/mol. The molecule has 2 N–H and O–H groups in total. The number of rotatable bonds is 4. The number of piperidine rings is 1. The van der Waals surface area contributed by atoms with Gasteiger partial charge in [-0.05, 0) is 30.5 Å². The van der Waals surface area contributed by atoms with Crippen molar-refractivity contribution in [3.63, 3.8) is 0 Å². The fourth-order valence-electron chi connectivity index (χ4n) is 2.27. The molecule has 1 atom stereocenters. The van der Waals surface area contributed by atoms with Gasteiger partial charge in [-0.3, -0.25) is 4.79 Å². The van der Waals surface area contributed by atoms with Gasteiger partial charge in [-0.15, -0.1) is 0 Å². The maximum Gasteiger partial charge on any atom is 0.236 e. The Bertz CT molecular complexity index is 441. The predicted octanol–water partition coefficient (Wildman–Crippen LogP) is 2.01. The average Bonchev–Trinajstić information content (AvgIpc) is 2.45. The highest BCUT2D eigenvalue weighted by Crippen LogP contribution is 2.25. The number of halogens is 1. The number of carbonyl (C=O) groups is 1. The second-order valence-electron chi connectivity index (χ2n) is 4.75. The van der Waals surface area contributed by atoms with Gasteiger partial charge in [-0.2, -0.15) is 11.8 Å². The van der Waals surface area contributed by atoms with Crippen LogP contribution in [0.3, 0.4) is 0 Å². The zero-order valence-electron chi connectivity index (χ0n) is 10.8. The van der Waals surface area contributed by atoms with Crippen molar-refractivity contribution in [3.05, 3.63) is 35.6 Å². The van der Waals surface area contributed by atoms with Gasteiger partial charge in [0.15, 0.2) is 0 Å². The van der Waals surface area contributed by atoms with Gasteiger partial charge in [-0.25, -0.2) is 4.39 Å². The molecule has 3 nitrogen and oxygen atoms in total. The van der Waals surface area contributed by atoms with E-state index in [2.05, 4.69) is 0 Å². The topological polar surface area (TPSA) is 46.3 Å². The maximum atomic E-state index is 13.1. The van der Waals surface area contributed by atoms with Gasteiger partial charge in [0, 0.05) is 24.1 Å². The van der Waals surface area contributed by atoms with E-state index >= 15 is 0 Å². The van der Waals surface area contributed by atoms with Crippen molar-refractivity contribution < 1.29 is 9.18 Å². The maximum absolute atomic E-state index is 13.1. The molecule has 1 aromatic rings. The Balaban J connectivity index is 1.84. The predicted molar refractivity (Wildman–Crippen MR) is 76.4 cm³/mol. The summed E-state index contributed by atoms with van der Waals surface area (Å²) >= 11 is 1.79. The number of carbonyl (C=O) groups excluding carboxylic acids is 1. The van der Waals surface area contributed by atoms with E-state index in [1.54, 1.807) is 23.9 Å². The normalized spacial score (nSPS) is 19.5. The van der Waals surface area contributed by atoms with Crippen LogP contribution in [-0.4, -0.2) is 35.7 Å². The summed E-state index contributed by atoms with van der Waals surface area (Å²) in [6.07, 6.45) is 2.13. The molecule has 19 heavy (non-hydrogen) atoms. The third kappa shape index (κ3) is 4.21. The second kappa shape index (κ2) is 6.91. The number of hydrogen-bond donors (Lipinski definition) is 1. The van der Waals surface area contributed by atoms with Crippen LogP contribution in [-0.2, 0) is 10.5 Å². The van der Waals surface area contributed by atoms with Gasteiger partial charge in [0.1, 0.15) is 5.82 Å². The number of nitrogens with zero attached hydrogens (tertiary/aromatic N) is 1. The Hall–Kier alpha value is -1.07. The number of likely N-dealkylation sites (tertiary alicyclic amines) is 1. The molecule has 1 heterocycles. The Morgan fingerprint density at radius 1 is 1.53 bits per heavy atom. The van der Waals surface area contributed by atoms with E-state index in [0.717, 1.165) is 37.2 Å². The highest BCUT2D eigenvalue weighted by atomic mass is 32.2. The lowest BCUT2D eigenvalue weighted by Crippen LogP contribution is -2.43. The van der Waals surface area contributed by atoms with Crippen molar-refractivity contribution >= 4 is 17.7 Å². The van der Waals surface area contributed by atoms with Crippen LogP contribution >= 0.6 is 11.8 Å². The van der Waals surface area contributed by atoms with Gasteiger partial charge in [-0.1, -0.05) is 12.1 Å². The van der Waals surface area contributed by atoms with Crippen LogP contribution in [0.15, 0.2) is 24.3 Å². The van der Waals surface area contributed by atoms with E-state index in [1.807, 2.05) is 11.0 Å². The Morgan fingerprint density at radius 2 is 2.37 bits per heavy atom. The van der Waals surface area contributed by atoms with E-state index in [9.17, 15) is 9.18 Å². The molecule has 1 aliphatic rings. The summed E-state index contributed by atoms with van der Waals surface area (Å²) in [6, 6.07) is 6.69. The molecular formula is C14H19FN2OS. The van der Waals surface area contributed by atoms with Crippen LogP contribution in [0.25, 0.3) is 0 Å². The number of benzene rings is 1. The highest BCUT2D eigenvalue weighted by molar-refractivity contribution is 7.99. The quantitative estimate of drug-likeness (QED) is 0.919. The average molecular weight is 282 g/mol. The molecule has 0 radical (unpaired) electrons. The molecular weight excluding hydrogens is 263 g/mol. The van der Waals surface area contributed by atoms with E-state index in [0.29, 0.717) is 5.25 Å². The van der Waals surface area contributed by atoms with E-state index < -0.39 is 0 Å². The smallest absolute Gasteiger partial charge is 0.236 e. The number of amides is 1. The third-order valence-electron chi connectivity index (χ3n) is 3.28. The molecule has 1 saturated heterocycles. The second-order valence-corrected chi connectivity index (χ2v) is 6.04. The number of hydrogen-bond acceptors (Lipinski definition) is 3. The lowest BCUT2D eigenvalue weighted by molar-refractivity contribution is -0.130. The molecule has 2 rings (SSSR count). The summed E-state index contributed by atoms with van der Waals surface area (Å²) in [5.41, 5.74) is 6.38. The summed E-state index contributed by atoms with van der Waals surface area (Å²) in [5.74, 6) is 0.616. The van der Waals surface area contributed by atoms with Crippen molar-refractivity contribution in [2.45, 2.75) is 23.8 Å². The van der Waals surface area contributed by atoms with Crippen LogP contribution in [0.4, 0.5) is 4.39 Å². The molecule has 1 unspecified atom stereocenters. The highest BCUT2D eigenvalue weighted by Gasteiger charge is 2.22. The summed E-state index contributed by atoms with van der Waals surface area (Å²) in [5, 5.41) is 0.424. The zero-order valence-corrected chi connectivity index (χ0v) is 11.7. The fraction of sp³-hybridized carbons (Fsp3) is 0.500. The van der Waals surface area contributed by atoms with Crippen molar-refractivity contribution in [1.29, 1.82) is 0 Å². The van der Waals surface area contributed by atoms with Gasteiger partial charge < -0.3 is 10.6 Å². The van der Waals surface area contributed by atoms with E-state index in [-0.39, 0.29) is 18.3 Å². The van der Waals surface area contributed by atoms with Gasteiger partial charge in [0.05, 0.1) is 6.54 Å². The minimum atomic E-state index is -0.193. The van der Waals surface area contributed by atoms with Gasteiger partial charge >= 0.3 is 0 Å². The molecule has 104 valence electrons. The van der Waals surface area contributed by atoms with E-state index in [1.165, 1.54) is 6.07 Å². The zero-order chi connectivity index (χ0) is 13.7. The lowest BCUT2D eigenvalue weighted by atomic mass is 10.1. The Morgan fingerprint density at radius 3 is 3.11 bits per heavy atom. The third-order valence-corrected chi connectivity index (χ3v) is 4.64. The first kappa shape index (κ1) is 14.3. The summed E-state index contributed by atoms with van der Waals surface area (Å²) in [4.78, 5) is 13.4. The van der Waals surface area contributed by atoms with Crippen molar-refractivity contribution in [3.8, 4) is 0 Å². The lowest BCUT2D eigenvalue weighted by Gasteiger charge is -2.32. The molecule has 0 saturated carbocycles. The molecule has 1 aromatic carbocycles. The largest absolute Gasteiger partial charge is 0.340 e. The number of nitrogens with two attached hydrogens (primary N) is 1. The Kier molecular flexibility index (Phi) is 5.22. The first-order valence-corrected chi connectivity index (χ1v) is 7.58. The van der Waals surface area contributed by atoms with Crippen LogP contribution in [0.5, 0.6) is 0 Å². The van der Waals surface area contributed by atoms with E-state index in [4.69, 9.17) is 5.73 Å². The van der Waals surface area contributed by atoms with Gasteiger partial charge in [0.2, 0.25) is 5.91 Å². The summed E-state index contributed by atoms with van der Waals surface area (Å²) in [7, 11) is 0. The molecule has 1 amide bonds. The first-order valence-electron chi connectivity index (χ1n) is 6.53. The molecule has 0 bridgehead atoms. The molecule has 0 aromatic heterocycles. The van der Waals surface area contributed by atoms with Crippen LogP contribution < -0.4 is 5.73 Å². The standard InChI is InChI=1S/C14H19FN2OS/c15-12-4-1-3-11(7-12)10-19-13-5-2-6-17(9-13)14(18)8-16/h1,3-4,7,13H,2,5-6,8-10,16H2. The molecule has 0 spiro atoms. The van der Waals surface area contributed by atoms with Crippen molar-refractivity contribution in [1.82, 2.24) is 4.90 Å². The Labute approximate surface area is 117 Å². The molecule has 1 aliphatic heterocycles. The van der Waals surface area contributed by atoms with Crippen molar-refractivity contribution in [2.75, 3.05) is 19.6 Å². The number of thioether (sulfide) groups is 1. The van der Waals surface area contributed by atoms with Crippen LogP contribution in [0.1, 0.15) is 18.4 Å². The van der Waals surface area contributed by atoms with Crippen molar-refractivity contribution in [2.24, 2.45) is 5.73 Å². The SMILES string of the molecule is NCC(=O)N1CCCC(SCc2cccc(F)c2)C1. The summed E-state index contributed by atoms with van der Waals surface area (Å²) < 4.78 is 13.1. The summed E-state index contributed by atoms with van der Waals surface area (Å²) in [6.45, 7) is 1.66. The molecule has 0 aliphatic carbocycles. The first-order chi connectivity index (χ1) is 9.19. The fourth-order valence-corrected chi connectivity index (χ4v) is 3.50. The minimum Gasteiger partial charge on any atom is -0.340 e. The van der Waals surface area contributed by atoms with Gasteiger partial charge in [0.25, 0.3) is 0 Å². The molecule has 1 fully saturated rings. The van der Waals surface area contributed by atoms with Crippen LogP contribution in [0, 0.1) is 5.82 Å². The minimum absolute atomic E-state index is 0.0241. The van der Waals surface area contributed by atoms with Crippen LogP contribution in [0.2, 0.25) is 0 Å². The molecule has 5 heteroatoms.